The van der Waals surface area contributed by atoms with Gasteiger partial charge in [-0.05, 0) is 19.1 Å². The smallest absolute Gasteiger partial charge is 0.315 e. The number of carbonyl (C=O) groups is 2. The van der Waals surface area contributed by atoms with E-state index in [0.29, 0.717) is 5.69 Å². The minimum Gasteiger partial charge on any atom is -0.481 e. The van der Waals surface area contributed by atoms with Crippen LogP contribution in [-0.4, -0.2) is 17.0 Å². The summed E-state index contributed by atoms with van der Waals surface area (Å²) in [6.07, 6.45) is 0. The highest BCUT2D eigenvalue weighted by Gasteiger charge is 2.19. The summed E-state index contributed by atoms with van der Waals surface area (Å²) in [5, 5.41) is 8.56. The Labute approximate surface area is 87.1 Å². The Morgan fingerprint density at radius 1 is 1.27 bits per heavy atom. The molecule has 1 aromatic rings. The van der Waals surface area contributed by atoms with Crippen LogP contribution < -0.4 is 10.9 Å². The Morgan fingerprint density at radius 3 is 2.40 bits per heavy atom. The van der Waals surface area contributed by atoms with E-state index in [4.69, 9.17) is 5.11 Å². The van der Waals surface area contributed by atoms with Crippen LogP contribution in [0.4, 0.5) is 5.69 Å². The highest BCUT2D eigenvalue weighted by Crippen LogP contribution is 2.03. The number of rotatable bonds is 4. The van der Waals surface area contributed by atoms with Gasteiger partial charge >= 0.3 is 5.97 Å². The van der Waals surface area contributed by atoms with E-state index in [9.17, 15) is 9.59 Å². The summed E-state index contributed by atoms with van der Waals surface area (Å²) in [5.41, 5.74) is 5.63. The van der Waals surface area contributed by atoms with Gasteiger partial charge in [0.25, 0.3) is 5.91 Å². The maximum atomic E-state index is 11.2. The number of para-hydroxylation sites is 1. The summed E-state index contributed by atoms with van der Waals surface area (Å²) in [4.78, 5) is 21.7. The number of carboxylic acids is 1. The highest BCUT2D eigenvalue weighted by atomic mass is 16.4. The maximum absolute atomic E-state index is 11.2. The van der Waals surface area contributed by atoms with Crippen molar-refractivity contribution in [1.29, 1.82) is 0 Å². The highest BCUT2D eigenvalue weighted by molar-refractivity contribution is 5.96. The van der Waals surface area contributed by atoms with Crippen molar-refractivity contribution in [3.63, 3.8) is 0 Å². The number of anilines is 1. The summed E-state index contributed by atoms with van der Waals surface area (Å²) in [7, 11) is 0. The molecule has 1 amide bonds. The van der Waals surface area contributed by atoms with Gasteiger partial charge in [0, 0.05) is 0 Å². The first kappa shape index (κ1) is 11.0. The molecule has 0 radical (unpaired) electrons. The lowest BCUT2D eigenvalue weighted by Gasteiger charge is -2.10. The lowest BCUT2D eigenvalue weighted by molar-refractivity contribution is -0.145. The van der Waals surface area contributed by atoms with E-state index in [2.05, 4.69) is 10.9 Å². The van der Waals surface area contributed by atoms with Crippen molar-refractivity contribution in [2.75, 3.05) is 5.43 Å². The van der Waals surface area contributed by atoms with Crippen molar-refractivity contribution in [1.82, 2.24) is 5.43 Å². The van der Waals surface area contributed by atoms with E-state index in [0.717, 1.165) is 0 Å². The Balaban J connectivity index is 2.44. The number of hydrogen-bond acceptors (Lipinski definition) is 3. The number of carbonyl (C=O) groups excluding carboxylic acids is 1. The van der Waals surface area contributed by atoms with Gasteiger partial charge in [-0.1, -0.05) is 18.2 Å². The van der Waals surface area contributed by atoms with Crippen molar-refractivity contribution in [2.45, 2.75) is 6.92 Å². The molecule has 0 aliphatic carbocycles. The summed E-state index contributed by atoms with van der Waals surface area (Å²) in [6.45, 7) is 1.32. The van der Waals surface area contributed by atoms with Crippen LogP contribution in [0.2, 0.25) is 0 Å². The first-order valence-electron chi connectivity index (χ1n) is 4.45. The maximum Gasteiger partial charge on any atom is 0.315 e. The number of hydrazine groups is 1. The molecule has 1 atom stereocenters. The molecule has 15 heavy (non-hydrogen) atoms. The Kier molecular flexibility index (Phi) is 3.68. The van der Waals surface area contributed by atoms with E-state index < -0.39 is 17.8 Å². The molecule has 3 N–H and O–H groups in total. The second-order valence-electron chi connectivity index (χ2n) is 3.04. The number of hydrogen-bond donors (Lipinski definition) is 3. The monoisotopic (exact) mass is 208 g/mol. The predicted molar refractivity (Wildman–Crippen MR) is 55.0 cm³/mol. The molecule has 0 spiro atoms. The largest absolute Gasteiger partial charge is 0.481 e. The molecule has 0 saturated heterocycles. The van der Waals surface area contributed by atoms with Crippen molar-refractivity contribution in [3.8, 4) is 0 Å². The predicted octanol–water partition coefficient (Wildman–Crippen LogP) is 0.850. The van der Waals surface area contributed by atoms with E-state index >= 15 is 0 Å². The second kappa shape index (κ2) is 4.99. The zero-order chi connectivity index (χ0) is 11.3. The summed E-state index contributed by atoms with van der Waals surface area (Å²) >= 11 is 0. The molecule has 0 aliphatic rings. The average molecular weight is 208 g/mol. The molecular formula is C10H12N2O3. The number of amides is 1. The molecule has 0 fully saturated rings. The fraction of sp³-hybridized carbons (Fsp3) is 0.200. The molecule has 0 aliphatic heterocycles. The zero-order valence-electron chi connectivity index (χ0n) is 8.23. The molecule has 1 rings (SSSR count). The molecular weight excluding hydrogens is 196 g/mol. The second-order valence-corrected chi connectivity index (χ2v) is 3.04. The normalized spacial score (nSPS) is 11.5. The lowest BCUT2D eigenvalue weighted by atomic mass is 10.2. The van der Waals surface area contributed by atoms with Gasteiger partial charge in [0.15, 0.2) is 0 Å². The Morgan fingerprint density at radius 2 is 1.87 bits per heavy atom. The van der Waals surface area contributed by atoms with E-state index in [1.807, 2.05) is 6.07 Å². The summed E-state index contributed by atoms with van der Waals surface area (Å²) in [5.74, 6) is -2.80. The molecule has 0 bridgehead atoms. The Hall–Kier alpha value is -2.04. The molecule has 0 aromatic heterocycles. The molecule has 80 valence electrons. The van der Waals surface area contributed by atoms with Gasteiger partial charge in [-0.25, -0.2) is 0 Å². The van der Waals surface area contributed by atoms with Gasteiger partial charge in [0.2, 0.25) is 0 Å². The number of nitrogens with one attached hydrogen (secondary N) is 2. The fourth-order valence-electron chi connectivity index (χ4n) is 0.876. The summed E-state index contributed by atoms with van der Waals surface area (Å²) < 4.78 is 0. The quantitative estimate of drug-likeness (QED) is 0.506. The van der Waals surface area contributed by atoms with Crippen LogP contribution in [0, 0.1) is 5.92 Å². The van der Waals surface area contributed by atoms with E-state index in [1.165, 1.54) is 6.92 Å². The lowest BCUT2D eigenvalue weighted by Crippen LogP contribution is -2.37. The van der Waals surface area contributed by atoms with Crippen LogP contribution in [0.25, 0.3) is 0 Å². The molecule has 5 nitrogen and oxygen atoms in total. The van der Waals surface area contributed by atoms with Crippen LogP contribution in [0.5, 0.6) is 0 Å². The topological polar surface area (TPSA) is 78.4 Å². The van der Waals surface area contributed by atoms with Crippen LogP contribution in [0.1, 0.15) is 6.92 Å². The van der Waals surface area contributed by atoms with Crippen LogP contribution in [-0.2, 0) is 9.59 Å². The van der Waals surface area contributed by atoms with Gasteiger partial charge in [0.05, 0.1) is 5.69 Å². The fourth-order valence-corrected chi connectivity index (χ4v) is 0.876. The SMILES string of the molecule is C[C@H](C(=O)O)C(=O)NNc1ccccc1. The third-order valence-corrected chi connectivity index (χ3v) is 1.87. The number of benzene rings is 1. The number of aliphatic carboxylic acids is 1. The Bertz CT molecular complexity index is 351. The van der Waals surface area contributed by atoms with Crippen molar-refractivity contribution >= 4 is 17.6 Å². The standard InChI is InChI=1S/C10H12N2O3/c1-7(10(14)15)9(13)12-11-8-5-3-2-4-6-8/h2-7,11H,1H3,(H,12,13)(H,14,15)/t7-/m0/s1. The zero-order valence-corrected chi connectivity index (χ0v) is 8.23. The molecule has 0 saturated carbocycles. The molecule has 5 heteroatoms. The average Bonchev–Trinajstić information content (AvgIpc) is 2.26. The molecule has 1 aromatic carbocycles. The van der Waals surface area contributed by atoms with Crippen molar-refractivity contribution < 1.29 is 14.7 Å². The molecule has 0 unspecified atom stereocenters. The van der Waals surface area contributed by atoms with Gasteiger partial charge < -0.3 is 5.11 Å². The van der Waals surface area contributed by atoms with E-state index in [-0.39, 0.29) is 0 Å². The van der Waals surface area contributed by atoms with Gasteiger partial charge in [0.1, 0.15) is 5.92 Å². The van der Waals surface area contributed by atoms with Crippen molar-refractivity contribution in [2.24, 2.45) is 5.92 Å². The van der Waals surface area contributed by atoms with Gasteiger partial charge in [-0.2, -0.15) is 0 Å². The first-order valence-corrected chi connectivity index (χ1v) is 4.45. The minimum absolute atomic E-state index is 0.577. The van der Waals surface area contributed by atoms with E-state index in [1.54, 1.807) is 24.3 Å². The van der Waals surface area contributed by atoms with Crippen LogP contribution >= 0.6 is 0 Å². The number of carboxylic acid groups (broad SMARTS) is 1. The van der Waals surface area contributed by atoms with Crippen molar-refractivity contribution in [3.05, 3.63) is 30.3 Å². The van der Waals surface area contributed by atoms with Gasteiger partial charge in [-0.3, -0.25) is 20.4 Å². The minimum atomic E-state index is -1.15. The first-order chi connectivity index (χ1) is 7.11. The van der Waals surface area contributed by atoms with Gasteiger partial charge in [-0.15, -0.1) is 0 Å². The van der Waals surface area contributed by atoms with Crippen LogP contribution in [0.15, 0.2) is 30.3 Å². The molecule has 0 heterocycles. The van der Waals surface area contributed by atoms with Crippen LogP contribution in [0.3, 0.4) is 0 Å². The summed E-state index contributed by atoms with van der Waals surface area (Å²) in [6, 6.07) is 8.95. The third-order valence-electron chi connectivity index (χ3n) is 1.87. The third kappa shape index (κ3) is 3.30.